The summed E-state index contributed by atoms with van der Waals surface area (Å²) in [6, 6.07) is 12.8. The lowest BCUT2D eigenvalue weighted by Gasteiger charge is -2.19. The Balaban J connectivity index is 1.54. The summed E-state index contributed by atoms with van der Waals surface area (Å²) in [4.78, 5) is 65.9. The van der Waals surface area contributed by atoms with Gasteiger partial charge in [0.1, 0.15) is 17.8 Å². The van der Waals surface area contributed by atoms with Crippen LogP contribution in [-0.2, 0) is 36.8 Å². The van der Waals surface area contributed by atoms with Gasteiger partial charge >= 0.3 is 5.97 Å². The number of benzene rings is 2. The topological polar surface area (TPSA) is 179 Å². The van der Waals surface area contributed by atoms with Gasteiger partial charge in [-0.3, -0.25) is 24.0 Å². The Morgan fingerprint density at radius 3 is 2.11 bits per heavy atom. The maximum atomic E-state index is 13.1. The molecule has 3 aromatic rings. The molecule has 0 radical (unpaired) electrons. The largest absolute Gasteiger partial charge is 0.497 e. The normalized spacial score (nSPS) is 12.3. The molecule has 3 rings (SSSR count). The SMILES string of the molecule is COc1ccc(CCNC(=O)[C@H](CC(=O)O)NC(=O)CCC(=O)N[C@@H](Cc2c[nH]c3ccccc23)C(=O)NCCC(C)C)cc1. The predicted octanol–water partition coefficient (Wildman–Crippen LogP) is 2.46. The number of aliphatic carboxylic acids is 1. The van der Waals surface area contributed by atoms with Crippen molar-refractivity contribution in [3.63, 3.8) is 0 Å². The van der Waals surface area contributed by atoms with Gasteiger partial charge in [-0.15, -0.1) is 0 Å². The maximum Gasteiger partial charge on any atom is 0.305 e. The van der Waals surface area contributed by atoms with Crippen LogP contribution in [0, 0.1) is 5.92 Å². The fourth-order valence-electron chi connectivity index (χ4n) is 4.73. The van der Waals surface area contributed by atoms with Crippen molar-refractivity contribution in [1.29, 1.82) is 0 Å². The maximum absolute atomic E-state index is 13.1. The Morgan fingerprint density at radius 2 is 1.47 bits per heavy atom. The van der Waals surface area contributed by atoms with E-state index in [1.807, 2.05) is 42.6 Å². The number of amides is 4. The van der Waals surface area contributed by atoms with Crippen molar-refractivity contribution >= 4 is 40.5 Å². The first-order valence-electron chi connectivity index (χ1n) is 15.1. The predicted molar refractivity (Wildman–Crippen MR) is 170 cm³/mol. The first kappa shape index (κ1) is 34.6. The Labute approximate surface area is 262 Å². The molecule has 6 N–H and O–H groups in total. The highest BCUT2D eigenvalue weighted by Crippen LogP contribution is 2.19. The highest BCUT2D eigenvalue weighted by atomic mass is 16.5. The van der Waals surface area contributed by atoms with E-state index >= 15 is 0 Å². The Kier molecular flexibility index (Phi) is 13.4. The summed E-state index contributed by atoms with van der Waals surface area (Å²) in [6.07, 6.45) is 2.16. The average Bonchev–Trinajstić information content (AvgIpc) is 3.42. The molecule has 0 saturated carbocycles. The summed E-state index contributed by atoms with van der Waals surface area (Å²) in [5.74, 6) is -2.30. The number of hydrogen-bond acceptors (Lipinski definition) is 6. The summed E-state index contributed by atoms with van der Waals surface area (Å²) >= 11 is 0. The lowest BCUT2D eigenvalue weighted by Crippen LogP contribution is -2.49. The van der Waals surface area contributed by atoms with Gasteiger partial charge in [0.2, 0.25) is 23.6 Å². The molecule has 0 unspecified atom stereocenters. The number of hydrogen-bond donors (Lipinski definition) is 6. The van der Waals surface area contributed by atoms with E-state index in [1.165, 1.54) is 0 Å². The highest BCUT2D eigenvalue weighted by Gasteiger charge is 2.25. The number of carbonyl (C=O) groups is 5. The summed E-state index contributed by atoms with van der Waals surface area (Å²) in [7, 11) is 1.57. The van der Waals surface area contributed by atoms with Gasteiger partial charge in [-0.05, 0) is 48.1 Å². The van der Waals surface area contributed by atoms with E-state index < -0.39 is 42.2 Å². The number of methoxy groups -OCH3 is 1. The fraction of sp³-hybridized carbons (Fsp3) is 0.424. The summed E-state index contributed by atoms with van der Waals surface area (Å²) in [5.41, 5.74) is 2.72. The van der Waals surface area contributed by atoms with Gasteiger partial charge in [0, 0.05) is 49.5 Å². The van der Waals surface area contributed by atoms with E-state index in [2.05, 4.69) is 40.1 Å². The minimum absolute atomic E-state index is 0.233. The minimum Gasteiger partial charge on any atom is -0.497 e. The number of rotatable bonds is 18. The Morgan fingerprint density at radius 1 is 0.844 bits per heavy atom. The van der Waals surface area contributed by atoms with E-state index in [4.69, 9.17) is 4.74 Å². The second kappa shape index (κ2) is 17.4. The monoisotopic (exact) mass is 621 g/mol. The molecule has 0 bridgehead atoms. The number of aromatic amines is 1. The lowest BCUT2D eigenvalue weighted by atomic mass is 10.0. The molecule has 2 aromatic carbocycles. The quantitative estimate of drug-likeness (QED) is 0.126. The lowest BCUT2D eigenvalue weighted by molar-refractivity contribution is -0.140. The van der Waals surface area contributed by atoms with Crippen LogP contribution in [0.4, 0.5) is 0 Å². The van der Waals surface area contributed by atoms with Gasteiger partial charge < -0.3 is 36.1 Å². The number of fused-ring (bicyclic) bond motifs is 1. The van der Waals surface area contributed by atoms with E-state index in [0.717, 1.165) is 28.5 Å². The van der Waals surface area contributed by atoms with E-state index in [1.54, 1.807) is 19.2 Å². The van der Waals surface area contributed by atoms with Gasteiger partial charge in [-0.25, -0.2) is 0 Å². The molecule has 1 heterocycles. The smallest absolute Gasteiger partial charge is 0.305 e. The third kappa shape index (κ3) is 11.6. The zero-order valence-corrected chi connectivity index (χ0v) is 26.0. The molecule has 4 amide bonds. The van der Waals surface area contributed by atoms with Gasteiger partial charge in [0.15, 0.2) is 0 Å². The second-order valence-corrected chi connectivity index (χ2v) is 11.3. The number of ether oxygens (including phenoxy) is 1. The molecule has 0 aliphatic rings. The van der Waals surface area contributed by atoms with Crippen molar-refractivity contribution in [2.24, 2.45) is 5.92 Å². The van der Waals surface area contributed by atoms with Crippen molar-refractivity contribution in [1.82, 2.24) is 26.3 Å². The average molecular weight is 622 g/mol. The van der Waals surface area contributed by atoms with Crippen LogP contribution < -0.4 is 26.0 Å². The molecule has 45 heavy (non-hydrogen) atoms. The van der Waals surface area contributed by atoms with Gasteiger partial charge in [-0.1, -0.05) is 44.2 Å². The van der Waals surface area contributed by atoms with Crippen molar-refractivity contribution in [3.05, 3.63) is 65.9 Å². The molecule has 2 atom stereocenters. The number of H-pyrrole nitrogens is 1. The molecule has 0 spiro atoms. The molecule has 0 aliphatic carbocycles. The molecular formula is C33H43N5O7. The van der Waals surface area contributed by atoms with Crippen molar-refractivity contribution in [2.75, 3.05) is 20.2 Å². The molecule has 12 nitrogen and oxygen atoms in total. The van der Waals surface area contributed by atoms with Crippen molar-refractivity contribution < 1.29 is 33.8 Å². The first-order valence-corrected chi connectivity index (χ1v) is 15.1. The van der Waals surface area contributed by atoms with Crippen molar-refractivity contribution in [3.8, 4) is 5.75 Å². The molecule has 0 fully saturated rings. The minimum atomic E-state index is -1.31. The summed E-state index contributed by atoms with van der Waals surface area (Å²) in [6.45, 7) is 4.80. The zero-order valence-electron chi connectivity index (χ0n) is 26.0. The number of carboxylic acids is 1. The molecule has 1 aromatic heterocycles. The number of para-hydroxylation sites is 1. The third-order valence-electron chi connectivity index (χ3n) is 7.25. The third-order valence-corrected chi connectivity index (χ3v) is 7.25. The number of nitrogens with one attached hydrogen (secondary N) is 5. The zero-order chi connectivity index (χ0) is 32.8. The molecular weight excluding hydrogens is 578 g/mol. The number of aromatic nitrogens is 1. The van der Waals surface area contributed by atoms with E-state index in [-0.39, 0.29) is 31.7 Å². The Bertz CT molecular complexity index is 1450. The highest BCUT2D eigenvalue weighted by molar-refractivity contribution is 5.93. The molecule has 0 aliphatic heterocycles. The van der Waals surface area contributed by atoms with Crippen molar-refractivity contribution in [2.45, 2.75) is 64.5 Å². The van der Waals surface area contributed by atoms with E-state index in [0.29, 0.717) is 24.6 Å². The van der Waals surface area contributed by atoms with Crippen LogP contribution in [0.1, 0.15) is 50.7 Å². The first-order chi connectivity index (χ1) is 21.5. The number of carbonyl (C=O) groups excluding carboxylic acids is 4. The standard InChI is InChI=1S/C33H43N5O7/c1-21(2)14-16-34-32(43)27(18-23-20-36-26-7-5-4-6-25(23)26)37-29(39)12-13-30(40)38-28(19-31(41)42)33(44)35-17-15-22-8-10-24(45-3)11-9-22/h4-11,20-21,27-28,36H,12-19H2,1-3H3,(H,34,43)(H,35,44)(H,37,39)(H,38,40)(H,41,42)/t27-,28-/m0/s1. The molecule has 242 valence electrons. The summed E-state index contributed by atoms with van der Waals surface area (Å²) in [5, 5.41) is 20.9. The van der Waals surface area contributed by atoms with Gasteiger partial charge in [-0.2, -0.15) is 0 Å². The van der Waals surface area contributed by atoms with Crippen LogP contribution >= 0.6 is 0 Å². The van der Waals surface area contributed by atoms with E-state index in [9.17, 15) is 29.1 Å². The van der Waals surface area contributed by atoms with Crippen LogP contribution in [0.15, 0.2) is 54.7 Å². The van der Waals surface area contributed by atoms with Gasteiger partial charge in [0.25, 0.3) is 0 Å². The van der Waals surface area contributed by atoms with Crippen LogP contribution in [-0.4, -0.2) is 72.0 Å². The van der Waals surface area contributed by atoms with Crippen LogP contribution in [0.25, 0.3) is 10.9 Å². The van der Waals surface area contributed by atoms with Crippen LogP contribution in [0.2, 0.25) is 0 Å². The fourth-order valence-corrected chi connectivity index (χ4v) is 4.73. The van der Waals surface area contributed by atoms with Crippen LogP contribution in [0.5, 0.6) is 5.75 Å². The molecule has 0 saturated heterocycles. The van der Waals surface area contributed by atoms with Crippen LogP contribution in [0.3, 0.4) is 0 Å². The second-order valence-electron chi connectivity index (χ2n) is 11.3. The summed E-state index contributed by atoms with van der Waals surface area (Å²) < 4.78 is 5.13. The Hall–Kier alpha value is -4.87. The number of carboxylic acid groups (broad SMARTS) is 1. The molecule has 12 heteroatoms. The van der Waals surface area contributed by atoms with Gasteiger partial charge in [0.05, 0.1) is 13.5 Å².